The van der Waals surface area contributed by atoms with Crippen molar-refractivity contribution >= 4 is 0 Å². The molecule has 0 aromatic heterocycles. The second-order valence-corrected chi connectivity index (χ2v) is 6.90. The first-order valence-electron chi connectivity index (χ1n) is 7.08. The lowest BCUT2D eigenvalue weighted by molar-refractivity contribution is 0.417. The monoisotopic (exact) mass is 233 g/mol. The number of rotatable bonds is 3. The van der Waals surface area contributed by atoms with Crippen LogP contribution in [0.2, 0.25) is 0 Å². The predicted molar refractivity (Wildman–Crippen MR) is 75.0 cm³/mol. The summed E-state index contributed by atoms with van der Waals surface area (Å²) in [6.07, 6.45) is 11.1. The van der Waals surface area contributed by atoms with Gasteiger partial charge in [0, 0.05) is 5.54 Å². The molecule has 0 amide bonds. The summed E-state index contributed by atoms with van der Waals surface area (Å²) in [5, 5.41) is 3.60. The van der Waals surface area contributed by atoms with E-state index in [9.17, 15) is 0 Å². The van der Waals surface area contributed by atoms with Gasteiger partial charge in [0.2, 0.25) is 0 Å². The highest BCUT2D eigenvalue weighted by Gasteiger charge is 2.33. The van der Waals surface area contributed by atoms with Crippen LogP contribution >= 0.6 is 0 Å². The zero-order valence-electron chi connectivity index (χ0n) is 11.8. The van der Waals surface area contributed by atoms with Crippen molar-refractivity contribution in [1.29, 1.82) is 0 Å². The molecule has 0 heterocycles. The van der Waals surface area contributed by atoms with Crippen molar-refractivity contribution in [3.05, 3.63) is 23.8 Å². The topological polar surface area (TPSA) is 12.0 Å². The fraction of sp³-hybridized carbons (Fsp3) is 0.750. The largest absolute Gasteiger partial charge is 0.312 e. The predicted octanol–water partition coefficient (Wildman–Crippen LogP) is 3.92. The normalized spacial score (nSPS) is 32.5. The molecule has 3 unspecified atom stereocenters. The molecular weight excluding hydrogens is 206 g/mol. The smallest absolute Gasteiger partial charge is 0.00966 e. The van der Waals surface area contributed by atoms with E-state index in [0.717, 1.165) is 24.3 Å². The molecular formula is C16H27N. The molecule has 96 valence electrons. The van der Waals surface area contributed by atoms with Crippen molar-refractivity contribution in [3.8, 4) is 0 Å². The summed E-state index contributed by atoms with van der Waals surface area (Å²) in [5.74, 6) is 2.59. The summed E-state index contributed by atoms with van der Waals surface area (Å²) in [6, 6.07) is 0. The van der Waals surface area contributed by atoms with Crippen molar-refractivity contribution in [2.75, 3.05) is 6.54 Å². The van der Waals surface area contributed by atoms with E-state index in [1.165, 1.54) is 19.3 Å². The first kappa shape index (κ1) is 12.9. The van der Waals surface area contributed by atoms with E-state index in [1.807, 2.05) is 0 Å². The Labute approximate surface area is 106 Å². The second-order valence-electron chi connectivity index (χ2n) is 6.90. The van der Waals surface area contributed by atoms with E-state index in [0.29, 0.717) is 0 Å². The van der Waals surface area contributed by atoms with Crippen molar-refractivity contribution in [2.24, 2.45) is 17.8 Å². The van der Waals surface area contributed by atoms with Gasteiger partial charge in [-0.25, -0.2) is 0 Å². The molecule has 0 aliphatic heterocycles. The summed E-state index contributed by atoms with van der Waals surface area (Å²) in [5.41, 5.74) is 1.92. The highest BCUT2D eigenvalue weighted by molar-refractivity contribution is 5.25. The lowest BCUT2D eigenvalue weighted by Crippen LogP contribution is -2.36. The van der Waals surface area contributed by atoms with Crippen LogP contribution in [0.5, 0.6) is 0 Å². The SMILES string of the molecule is CC1CC2C=CC=C(CCNC(C)(C)C)C2C1. The van der Waals surface area contributed by atoms with E-state index in [4.69, 9.17) is 0 Å². The van der Waals surface area contributed by atoms with Gasteiger partial charge in [-0.2, -0.15) is 0 Å². The van der Waals surface area contributed by atoms with Crippen molar-refractivity contribution in [2.45, 2.75) is 52.5 Å². The molecule has 1 fully saturated rings. The van der Waals surface area contributed by atoms with Crippen LogP contribution in [0.4, 0.5) is 0 Å². The van der Waals surface area contributed by atoms with Gasteiger partial charge in [0.1, 0.15) is 0 Å². The lowest BCUT2D eigenvalue weighted by atomic mass is 9.83. The maximum atomic E-state index is 3.60. The van der Waals surface area contributed by atoms with E-state index < -0.39 is 0 Å². The van der Waals surface area contributed by atoms with Gasteiger partial charge in [-0.15, -0.1) is 0 Å². The minimum Gasteiger partial charge on any atom is -0.312 e. The molecule has 2 rings (SSSR count). The van der Waals surface area contributed by atoms with Gasteiger partial charge in [0.05, 0.1) is 0 Å². The first-order valence-corrected chi connectivity index (χ1v) is 7.08. The number of hydrogen-bond acceptors (Lipinski definition) is 1. The molecule has 0 aromatic rings. The average Bonchev–Trinajstić information content (AvgIpc) is 2.57. The lowest BCUT2D eigenvalue weighted by Gasteiger charge is -2.26. The number of nitrogens with one attached hydrogen (secondary N) is 1. The van der Waals surface area contributed by atoms with E-state index in [-0.39, 0.29) is 5.54 Å². The molecule has 0 bridgehead atoms. The van der Waals surface area contributed by atoms with Crippen LogP contribution < -0.4 is 5.32 Å². The van der Waals surface area contributed by atoms with E-state index in [2.05, 4.69) is 51.2 Å². The second kappa shape index (κ2) is 4.97. The third-order valence-electron chi connectivity index (χ3n) is 4.06. The number of fused-ring (bicyclic) bond motifs is 1. The average molecular weight is 233 g/mol. The van der Waals surface area contributed by atoms with Crippen molar-refractivity contribution in [1.82, 2.24) is 5.32 Å². The zero-order valence-corrected chi connectivity index (χ0v) is 11.8. The maximum absolute atomic E-state index is 3.60. The first-order chi connectivity index (χ1) is 7.96. The van der Waals surface area contributed by atoms with Crippen molar-refractivity contribution in [3.63, 3.8) is 0 Å². The van der Waals surface area contributed by atoms with E-state index >= 15 is 0 Å². The van der Waals surface area contributed by atoms with Crippen LogP contribution in [-0.2, 0) is 0 Å². The summed E-state index contributed by atoms with van der Waals surface area (Å²) in [7, 11) is 0. The molecule has 0 radical (unpaired) electrons. The van der Waals surface area contributed by atoms with Gasteiger partial charge in [0.25, 0.3) is 0 Å². The highest BCUT2D eigenvalue weighted by atomic mass is 14.9. The van der Waals surface area contributed by atoms with Crippen molar-refractivity contribution < 1.29 is 0 Å². The Bertz CT molecular complexity index is 319. The molecule has 1 nitrogen and oxygen atoms in total. The fourth-order valence-electron chi connectivity index (χ4n) is 3.27. The number of allylic oxidation sites excluding steroid dienone is 3. The molecule has 2 aliphatic carbocycles. The molecule has 3 atom stereocenters. The van der Waals surface area contributed by atoms with Gasteiger partial charge in [0.15, 0.2) is 0 Å². The molecule has 1 saturated carbocycles. The third-order valence-corrected chi connectivity index (χ3v) is 4.06. The third kappa shape index (κ3) is 3.45. The van der Waals surface area contributed by atoms with Crippen LogP contribution in [0.15, 0.2) is 23.8 Å². The van der Waals surface area contributed by atoms with Crippen LogP contribution in [0, 0.1) is 17.8 Å². The standard InChI is InChI=1S/C16H27N/c1-12-10-14-7-5-6-13(15(14)11-12)8-9-17-16(2,3)4/h5-7,12,14-15,17H,8-11H2,1-4H3. The summed E-state index contributed by atoms with van der Waals surface area (Å²) in [4.78, 5) is 0. The Morgan fingerprint density at radius 1 is 1.29 bits per heavy atom. The van der Waals surface area contributed by atoms with Gasteiger partial charge in [-0.1, -0.05) is 30.7 Å². The van der Waals surface area contributed by atoms with Crippen LogP contribution in [0.1, 0.15) is 47.0 Å². The Balaban J connectivity index is 1.88. The van der Waals surface area contributed by atoms with Gasteiger partial charge < -0.3 is 5.32 Å². The molecule has 0 saturated heterocycles. The number of hydrogen-bond donors (Lipinski definition) is 1. The van der Waals surface area contributed by atoms with Crippen LogP contribution in [0.25, 0.3) is 0 Å². The maximum Gasteiger partial charge on any atom is 0.00966 e. The highest BCUT2D eigenvalue weighted by Crippen LogP contribution is 2.43. The minimum absolute atomic E-state index is 0.243. The molecule has 0 spiro atoms. The Hall–Kier alpha value is -0.560. The summed E-state index contributed by atoms with van der Waals surface area (Å²) >= 11 is 0. The van der Waals surface area contributed by atoms with Crippen LogP contribution in [0.3, 0.4) is 0 Å². The molecule has 0 aromatic carbocycles. The Morgan fingerprint density at radius 2 is 2.06 bits per heavy atom. The van der Waals surface area contributed by atoms with Gasteiger partial charge >= 0.3 is 0 Å². The van der Waals surface area contributed by atoms with Gasteiger partial charge in [-0.05, 0) is 64.3 Å². The molecule has 2 aliphatic rings. The minimum atomic E-state index is 0.243. The molecule has 1 heteroatoms. The molecule has 17 heavy (non-hydrogen) atoms. The summed E-state index contributed by atoms with van der Waals surface area (Å²) in [6.45, 7) is 10.2. The van der Waals surface area contributed by atoms with E-state index in [1.54, 1.807) is 5.57 Å². The fourth-order valence-corrected chi connectivity index (χ4v) is 3.27. The summed E-state index contributed by atoms with van der Waals surface area (Å²) < 4.78 is 0. The molecule has 1 N–H and O–H groups in total. The zero-order chi connectivity index (χ0) is 12.5. The quantitative estimate of drug-likeness (QED) is 0.779. The van der Waals surface area contributed by atoms with Gasteiger partial charge in [-0.3, -0.25) is 0 Å². The Kier molecular flexibility index (Phi) is 3.77. The van der Waals surface area contributed by atoms with Crippen LogP contribution in [-0.4, -0.2) is 12.1 Å². The Morgan fingerprint density at radius 3 is 2.76 bits per heavy atom.